The van der Waals surface area contributed by atoms with E-state index in [1.807, 2.05) is 44.2 Å². The summed E-state index contributed by atoms with van der Waals surface area (Å²) in [6.45, 7) is 4.23. The standard InChI is InChI=1S/C22H23NO5S/c1-15-20(16(2)28-23-15)14-29-21-7-5-4-6-19(21)22(24)27-13-12-26-18-10-8-17(25-3)9-11-18/h4-11H,12-14H2,1-3H3. The van der Waals surface area contributed by atoms with Crippen molar-refractivity contribution >= 4 is 17.7 Å². The van der Waals surface area contributed by atoms with Crippen molar-refractivity contribution in [3.63, 3.8) is 0 Å². The van der Waals surface area contributed by atoms with E-state index in [0.717, 1.165) is 27.7 Å². The fraction of sp³-hybridized carbons (Fsp3) is 0.273. The van der Waals surface area contributed by atoms with Gasteiger partial charge in [0.1, 0.15) is 30.5 Å². The van der Waals surface area contributed by atoms with Crippen LogP contribution < -0.4 is 9.47 Å². The Labute approximate surface area is 174 Å². The zero-order chi connectivity index (χ0) is 20.6. The Morgan fingerprint density at radius 1 is 1.03 bits per heavy atom. The topological polar surface area (TPSA) is 70.8 Å². The first-order valence-corrected chi connectivity index (χ1v) is 10.1. The number of rotatable bonds is 9. The van der Waals surface area contributed by atoms with Gasteiger partial charge in [0.05, 0.1) is 18.4 Å². The van der Waals surface area contributed by atoms with Gasteiger partial charge in [-0.05, 0) is 50.2 Å². The van der Waals surface area contributed by atoms with Crippen molar-refractivity contribution in [2.24, 2.45) is 0 Å². The van der Waals surface area contributed by atoms with Gasteiger partial charge in [0.2, 0.25) is 0 Å². The maximum Gasteiger partial charge on any atom is 0.339 e. The number of methoxy groups -OCH3 is 1. The Morgan fingerprint density at radius 2 is 1.76 bits per heavy atom. The van der Waals surface area contributed by atoms with Crippen molar-refractivity contribution in [1.82, 2.24) is 5.16 Å². The molecule has 0 N–H and O–H groups in total. The molecule has 29 heavy (non-hydrogen) atoms. The number of esters is 1. The predicted octanol–water partition coefficient (Wildman–Crippen LogP) is 4.83. The summed E-state index contributed by atoms with van der Waals surface area (Å²) in [5.74, 6) is 2.55. The summed E-state index contributed by atoms with van der Waals surface area (Å²) < 4.78 is 21.3. The molecular weight excluding hydrogens is 390 g/mol. The molecule has 0 spiro atoms. The van der Waals surface area contributed by atoms with Crippen LogP contribution in [0.5, 0.6) is 11.5 Å². The molecule has 0 radical (unpaired) electrons. The summed E-state index contributed by atoms with van der Waals surface area (Å²) in [5.41, 5.74) is 2.45. The van der Waals surface area contributed by atoms with E-state index >= 15 is 0 Å². The smallest absolute Gasteiger partial charge is 0.339 e. The van der Waals surface area contributed by atoms with Crippen molar-refractivity contribution in [3.05, 3.63) is 71.1 Å². The second-order valence-electron chi connectivity index (χ2n) is 6.25. The maximum atomic E-state index is 12.5. The average molecular weight is 413 g/mol. The van der Waals surface area contributed by atoms with E-state index in [4.69, 9.17) is 18.7 Å². The molecule has 0 aliphatic heterocycles. The van der Waals surface area contributed by atoms with E-state index in [1.54, 1.807) is 37.1 Å². The van der Waals surface area contributed by atoms with Crippen molar-refractivity contribution in [1.29, 1.82) is 0 Å². The zero-order valence-corrected chi connectivity index (χ0v) is 17.5. The molecule has 0 unspecified atom stereocenters. The Morgan fingerprint density at radius 3 is 2.45 bits per heavy atom. The number of aryl methyl sites for hydroxylation is 2. The van der Waals surface area contributed by atoms with E-state index in [-0.39, 0.29) is 19.2 Å². The van der Waals surface area contributed by atoms with Crippen LogP contribution >= 0.6 is 11.8 Å². The lowest BCUT2D eigenvalue weighted by molar-refractivity contribution is 0.0446. The summed E-state index contributed by atoms with van der Waals surface area (Å²) in [7, 11) is 1.61. The van der Waals surface area contributed by atoms with Gasteiger partial charge in [-0.25, -0.2) is 4.79 Å². The van der Waals surface area contributed by atoms with E-state index in [2.05, 4.69) is 5.16 Å². The largest absolute Gasteiger partial charge is 0.497 e. The number of carbonyl (C=O) groups is 1. The van der Waals surface area contributed by atoms with Crippen LogP contribution in [0.3, 0.4) is 0 Å². The summed E-state index contributed by atoms with van der Waals surface area (Å²) in [6, 6.07) is 14.6. The average Bonchev–Trinajstić information content (AvgIpc) is 3.07. The second kappa shape index (κ2) is 10.0. The van der Waals surface area contributed by atoms with Gasteiger partial charge in [-0.15, -0.1) is 11.8 Å². The lowest BCUT2D eigenvalue weighted by Crippen LogP contribution is -2.13. The molecule has 1 aromatic heterocycles. The van der Waals surface area contributed by atoms with Gasteiger partial charge in [-0.2, -0.15) is 0 Å². The van der Waals surface area contributed by atoms with Crippen LogP contribution in [-0.2, 0) is 10.5 Å². The summed E-state index contributed by atoms with van der Waals surface area (Å²) in [4.78, 5) is 13.4. The third-order valence-corrected chi connectivity index (χ3v) is 5.40. The third-order valence-electron chi connectivity index (χ3n) is 4.30. The molecule has 3 rings (SSSR count). The summed E-state index contributed by atoms with van der Waals surface area (Å²) in [6.07, 6.45) is 0. The summed E-state index contributed by atoms with van der Waals surface area (Å²) in [5, 5.41) is 3.97. The molecule has 0 aliphatic carbocycles. The Bertz CT molecular complexity index is 933. The Hall–Kier alpha value is -2.93. The fourth-order valence-electron chi connectivity index (χ4n) is 2.66. The van der Waals surface area contributed by atoms with Crippen molar-refractivity contribution in [2.75, 3.05) is 20.3 Å². The van der Waals surface area contributed by atoms with Crippen LogP contribution in [0.25, 0.3) is 0 Å². The van der Waals surface area contributed by atoms with Crippen LogP contribution in [-0.4, -0.2) is 31.4 Å². The van der Waals surface area contributed by atoms with E-state index in [0.29, 0.717) is 17.1 Å². The molecular formula is C22H23NO5S. The number of carbonyl (C=O) groups excluding carboxylic acids is 1. The fourth-order valence-corrected chi connectivity index (χ4v) is 3.86. The Kier molecular flexibility index (Phi) is 7.19. The number of ether oxygens (including phenoxy) is 3. The first-order valence-electron chi connectivity index (χ1n) is 9.16. The van der Waals surface area contributed by atoms with Crippen molar-refractivity contribution < 1.29 is 23.5 Å². The highest BCUT2D eigenvalue weighted by atomic mass is 32.2. The minimum atomic E-state index is -0.370. The van der Waals surface area contributed by atoms with E-state index in [1.165, 1.54) is 0 Å². The highest BCUT2D eigenvalue weighted by Crippen LogP contribution is 2.29. The number of hydrogen-bond acceptors (Lipinski definition) is 7. The van der Waals surface area contributed by atoms with Gasteiger partial charge in [0.25, 0.3) is 0 Å². The van der Waals surface area contributed by atoms with Crippen LogP contribution in [0.2, 0.25) is 0 Å². The number of nitrogens with zero attached hydrogens (tertiary/aromatic N) is 1. The second-order valence-corrected chi connectivity index (χ2v) is 7.26. The Balaban J connectivity index is 1.52. The van der Waals surface area contributed by atoms with Gasteiger partial charge in [-0.1, -0.05) is 17.3 Å². The molecule has 0 saturated carbocycles. The highest BCUT2D eigenvalue weighted by molar-refractivity contribution is 7.98. The molecule has 2 aromatic carbocycles. The summed E-state index contributed by atoms with van der Waals surface area (Å²) >= 11 is 1.56. The minimum absolute atomic E-state index is 0.160. The predicted molar refractivity (Wildman–Crippen MR) is 111 cm³/mol. The molecule has 0 atom stereocenters. The van der Waals surface area contributed by atoms with E-state index in [9.17, 15) is 4.79 Å². The SMILES string of the molecule is COc1ccc(OCCOC(=O)c2ccccc2SCc2c(C)noc2C)cc1. The quantitative estimate of drug-likeness (QED) is 0.283. The minimum Gasteiger partial charge on any atom is -0.497 e. The lowest BCUT2D eigenvalue weighted by Gasteiger charge is -2.10. The first kappa shape index (κ1) is 20.8. The van der Waals surface area contributed by atoms with Crippen molar-refractivity contribution in [3.8, 4) is 11.5 Å². The number of aromatic nitrogens is 1. The van der Waals surface area contributed by atoms with Crippen LogP contribution in [0.4, 0.5) is 0 Å². The molecule has 0 bridgehead atoms. The normalized spacial score (nSPS) is 10.6. The molecule has 0 fully saturated rings. The van der Waals surface area contributed by atoms with Crippen LogP contribution in [0.15, 0.2) is 57.9 Å². The van der Waals surface area contributed by atoms with E-state index < -0.39 is 0 Å². The number of thioether (sulfide) groups is 1. The van der Waals surface area contributed by atoms with Crippen LogP contribution in [0, 0.1) is 13.8 Å². The highest BCUT2D eigenvalue weighted by Gasteiger charge is 2.15. The molecule has 1 heterocycles. The van der Waals surface area contributed by atoms with Gasteiger partial charge in [-0.3, -0.25) is 0 Å². The van der Waals surface area contributed by atoms with Gasteiger partial charge >= 0.3 is 5.97 Å². The van der Waals surface area contributed by atoms with Gasteiger partial charge in [0.15, 0.2) is 0 Å². The first-order chi connectivity index (χ1) is 14.1. The number of hydrogen-bond donors (Lipinski definition) is 0. The van der Waals surface area contributed by atoms with Gasteiger partial charge in [0, 0.05) is 16.2 Å². The zero-order valence-electron chi connectivity index (χ0n) is 16.6. The maximum absolute atomic E-state index is 12.5. The molecule has 0 saturated heterocycles. The molecule has 0 aliphatic rings. The molecule has 0 amide bonds. The molecule has 6 nitrogen and oxygen atoms in total. The van der Waals surface area contributed by atoms with Crippen LogP contribution in [0.1, 0.15) is 27.4 Å². The molecule has 152 valence electrons. The monoisotopic (exact) mass is 413 g/mol. The number of benzene rings is 2. The lowest BCUT2D eigenvalue weighted by atomic mass is 10.2. The van der Waals surface area contributed by atoms with Gasteiger partial charge < -0.3 is 18.7 Å². The molecule has 7 heteroatoms. The van der Waals surface area contributed by atoms with Crippen molar-refractivity contribution in [2.45, 2.75) is 24.5 Å². The molecule has 3 aromatic rings. The third kappa shape index (κ3) is 5.54.